The van der Waals surface area contributed by atoms with Crippen LogP contribution in [0.15, 0.2) is 12.2 Å². The Balaban J connectivity index is 2.33. The Bertz CT molecular complexity index is 220. The van der Waals surface area contributed by atoms with E-state index in [4.69, 9.17) is 4.74 Å². The highest BCUT2D eigenvalue weighted by Crippen LogP contribution is 2.10. The van der Waals surface area contributed by atoms with Crippen molar-refractivity contribution in [3.8, 4) is 0 Å². The molecule has 0 aliphatic carbocycles. The van der Waals surface area contributed by atoms with Crippen LogP contribution in [-0.2, 0) is 9.53 Å². The Morgan fingerprint density at radius 3 is 2.67 bits per heavy atom. The van der Waals surface area contributed by atoms with E-state index in [1.165, 1.54) is 0 Å². The van der Waals surface area contributed by atoms with Crippen LogP contribution in [0.5, 0.6) is 0 Å². The van der Waals surface area contributed by atoms with Gasteiger partial charge in [0.05, 0.1) is 13.2 Å². The topological polar surface area (TPSA) is 29.5 Å². The summed E-state index contributed by atoms with van der Waals surface area (Å²) in [4.78, 5) is 13.8. The van der Waals surface area contributed by atoms with Crippen LogP contribution in [0.25, 0.3) is 0 Å². The third-order valence-electron chi connectivity index (χ3n) is 2.64. The number of ether oxygens (including phenoxy) is 1. The molecular weight excluding hydrogens is 190 g/mol. The van der Waals surface area contributed by atoms with Crippen LogP contribution in [0.3, 0.4) is 0 Å². The molecule has 1 amide bonds. The fourth-order valence-electron chi connectivity index (χ4n) is 1.66. The molecule has 1 fully saturated rings. The smallest absolute Gasteiger partial charge is 0.225 e. The molecule has 15 heavy (non-hydrogen) atoms. The van der Waals surface area contributed by atoms with Crippen LogP contribution in [0.2, 0.25) is 0 Å². The summed E-state index contributed by atoms with van der Waals surface area (Å²) >= 11 is 0. The van der Waals surface area contributed by atoms with Crippen LogP contribution in [0.1, 0.15) is 26.7 Å². The average molecular weight is 211 g/mol. The molecule has 3 heteroatoms. The molecule has 3 nitrogen and oxygen atoms in total. The summed E-state index contributed by atoms with van der Waals surface area (Å²) in [6.07, 6.45) is 6.11. The van der Waals surface area contributed by atoms with Gasteiger partial charge in [0.2, 0.25) is 5.91 Å². The highest BCUT2D eigenvalue weighted by molar-refractivity contribution is 5.78. The van der Waals surface area contributed by atoms with Gasteiger partial charge >= 0.3 is 0 Å². The van der Waals surface area contributed by atoms with Gasteiger partial charge in [-0.2, -0.15) is 0 Å². The quantitative estimate of drug-likeness (QED) is 0.664. The average Bonchev–Trinajstić information content (AvgIpc) is 2.29. The van der Waals surface area contributed by atoms with Gasteiger partial charge in [-0.1, -0.05) is 26.0 Å². The lowest BCUT2D eigenvalue weighted by atomic mass is 10.1. The van der Waals surface area contributed by atoms with Crippen molar-refractivity contribution in [3.05, 3.63) is 12.2 Å². The third kappa shape index (κ3) is 4.04. The van der Waals surface area contributed by atoms with Crippen LogP contribution >= 0.6 is 0 Å². The van der Waals surface area contributed by atoms with Gasteiger partial charge in [-0.25, -0.2) is 0 Å². The van der Waals surface area contributed by atoms with Gasteiger partial charge in [-0.15, -0.1) is 0 Å². The maximum Gasteiger partial charge on any atom is 0.225 e. The summed E-state index contributed by atoms with van der Waals surface area (Å²) in [7, 11) is 0. The van der Waals surface area contributed by atoms with E-state index in [0.717, 1.165) is 25.9 Å². The number of hydrogen-bond acceptors (Lipinski definition) is 2. The van der Waals surface area contributed by atoms with Gasteiger partial charge in [0.15, 0.2) is 0 Å². The summed E-state index contributed by atoms with van der Waals surface area (Å²) in [5.74, 6) is 0.366. The Kier molecular flexibility index (Phi) is 5.40. The molecule has 1 unspecified atom stereocenters. The van der Waals surface area contributed by atoms with E-state index in [9.17, 15) is 4.79 Å². The summed E-state index contributed by atoms with van der Waals surface area (Å²) in [6, 6.07) is 0. The van der Waals surface area contributed by atoms with E-state index in [0.29, 0.717) is 13.2 Å². The van der Waals surface area contributed by atoms with E-state index >= 15 is 0 Å². The highest BCUT2D eigenvalue weighted by Gasteiger charge is 2.21. The zero-order valence-corrected chi connectivity index (χ0v) is 9.74. The van der Waals surface area contributed by atoms with Crippen LogP contribution in [-0.4, -0.2) is 37.1 Å². The molecule has 1 aliphatic rings. The lowest BCUT2D eigenvalue weighted by Gasteiger charge is -2.29. The zero-order valence-electron chi connectivity index (χ0n) is 9.74. The summed E-state index contributed by atoms with van der Waals surface area (Å²) in [5.41, 5.74) is 0. The summed E-state index contributed by atoms with van der Waals surface area (Å²) < 4.78 is 5.22. The van der Waals surface area contributed by atoms with Gasteiger partial charge in [-0.05, 0) is 12.8 Å². The molecule has 0 aromatic rings. The van der Waals surface area contributed by atoms with Crippen molar-refractivity contribution in [2.24, 2.45) is 5.92 Å². The number of amides is 1. The maximum atomic E-state index is 11.9. The minimum Gasteiger partial charge on any atom is -0.378 e. The van der Waals surface area contributed by atoms with Crippen molar-refractivity contribution in [2.45, 2.75) is 26.7 Å². The molecule has 86 valence electrons. The van der Waals surface area contributed by atoms with E-state index in [1.807, 2.05) is 11.8 Å². The van der Waals surface area contributed by atoms with Crippen LogP contribution in [0, 0.1) is 5.92 Å². The first-order valence-electron chi connectivity index (χ1n) is 5.77. The van der Waals surface area contributed by atoms with Crippen molar-refractivity contribution in [2.75, 3.05) is 26.3 Å². The second kappa shape index (κ2) is 6.62. The van der Waals surface area contributed by atoms with Crippen molar-refractivity contribution in [1.82, 2.24) is 4.90 Å². The van der Waals surface area contributed by atoms with E-state index in [-0.39, 0.29) is 11.8 Å². The molecule has 0 bridgehead atoms. The molecule has 1 atom stereocenters. The van der Waals surface area contributed by atoms with E-state index in [2.05, 4.69) is 19.1 Å². The molecule has 0 aromatic carbocycles. The lowest BCUT2D eigenvalue weighted by Crippen LogP contribution is -2.43. The molecule has 1 rings (SSSR count). The first kappa shape index (κ1) is 12.2. The Labute approximate surface area is 92.1 Å². The van der Waals surface area contributed by atoms with Gasteiger partial charge in [0, 0.05) is 19.0 Å². The van der Waals surface area contributed by atoms with Gasteiger partial charge in [0.1, 0.15) is 0 Å². The maximum absolute atomic E-state index is 11.9. The summed E-state index contributed by atoms with van der Waals surface area (Å²) in [5, 5.41) is 0. The number of hydrogen-bond donors (Lipinski definition) is 0. The predicted octanol–water partition coefficient (Wildman–Crippen LogP) is 1.84. The molecule has 0 aromatic heterocycles. The van der Waals surface area contributed by atoms with Crippen molar-refractivity contribution in [1.29, 1.82) is 0 Å². The normalized spacial score (nSPS) is 19.5. The summed E-state index contributed by atoms with van der Waals surface area (Å²) in [6.45, 7) is 6.97. The minimum atomic E-state index is 0.103. The monoisotopic (exact) mass is 211 g/mol. The van der Waals surface area contributed by atoms with Crippen molar-refractivity contribution in [3.63, 3.8) is 0 Å². The lowest BCUT2D eigenvalue weighted by molar-refractivity contribution is -0.138. The third-order valence-corrected chi connectivity index (χ3v) is 2.64. The second-order valence-corrected chi connectivity index (χ2v) is 3.95. The Morgan fingerprint density at radius 2 is 2.07 bits per heavy atom. The molecule has 1 aliphatic heterocycles. The van der Waals surface area contributed by atoms with Crippen LogP contribution < -0.4 is 0 Å². The van der Waals surface area contributed by atoms with Gasteiger partial charge in [0.25, 0.3) is 0 Å². The fraction of sp³-hybridized carbons (Fsp3) is 0.750. The Hall–Kier alpha value is -0.830. The zero-order chi connectivity index (χ0) is 11.1. The number of rotatable bonds is 4. The highest BCUT2D eigenvalue weighted by atomic mass is 16.5. The number of carbonyl (C=O) groups is 1. The Morgan fingerprint density at radius 1 is 1.40 bits per heavy atom. The van der Waals surface area contributed by atoms with Crippen molar-refractivity contribution < 1.29 is 9.53 Å². The van der Waals surface area contributed by atoms with Crippen molar-refractivity contribution >= 4 is 5.91 Å². The van der Waals surface area contributed by atoms with Gasteiger partial charge < -0.3 is 9.64 Å². The SMILES string of the molecule is CCC=CCC(C)C(=O)N1CCOCC1. The standard InChI is InChI=1S/C12H21NO2/c1-3-4-5-6-11(2)12(14)13-7-9-15-10-8-13/h4-5,11H,3,6-10H2,1-2H3. The molecule has 0 saturated carbocycles. The van der Waals surface area contributed by atoms with E-state index < -0.39 is 0 Å². The molecule has 0 radical (unpaired) electrons. The van der Waals surface area contributed by atoms with Gasteiger partial charge in [-0.3, -0.25) is 4.79 Å². The van der Waals surface area contributed by atoms with Crippen LogP contribution in [0.4, 0.5) is 0 Å². The first-order chi connectivity index (χ1) is 7.25. The number of allylic oxidation sites excluding steroid dienone is 2. The fourth-order valence-corrected chi connectivity index (χ4v) is 1.66. The largest absolute Gasteiger partial charge is 0.378 e. The number of morpholine rings is 1. The molecular formula is C12H21NO2. The second-order valence-electron chi connectivity index (χ2n) is 3.95. The predicted molar refractivity (Wildman–Crippen MR) is 60.6 cm³/mol. The van der Waals surface area contributed by atoms with E-state index in [1.54, 1.807) is 0 Å². The minimum absolute atomic E-state index is 0.103. The molecule has 0 N–H and O–H groups in total. The number of carbonyl (C=O) groups excluding carboxylic acids is 1. The molecule has 0 spiro atoms. The number of nitrogens with zero attached hydrogens (tertiary/aromatic N) is 1. The first-order valence-corrected chi connectivity index (χ1v) is 5.77. The molecule has 1 saturated heterocycles. The molecule has 1 heterocycles.